The van der Waals surface area contributed by atoms with Crippen LogP contribution in [0.3, 0.4) is 0 Å². The first-order chi connectivity index (χ1) is 23.8. The van der Waals surface area contributed by atoms with Gasteiger partial charge in [-0.2, -0.15) is 0 Å². The molecule has 0 fully saturated rings. The molecule has 2 aromatic carbocycles. The summed E-state index contributed by atoms with van der Waals surface area (Å²) in [6.07, 6.45) is -5.20. The third-order valence-electron chi connectivity index (χ3n) is 6.04. The van der Waals surface area contributed by atoms with Crippen molar-refractivity contribution in [3.05, 3.63) is 71.8 Å². The number of benzene rings is 2. The normalized spacial score (nSPS) is 13.3. The molecule has 2 aromatic rings. The number of alkyl carbamates (subject to hydrolysis) is 2. The number of carbonyl (C=O) groups excluding carboxylic acids is 6. The zero-order valence-electron chi connectivity index (χ0n) is 30.3. The van der Waals surface area contributed by atoms with Crippen LogP contribution in [0.15, 0.2) is 60.7 Å². The minimum Gasteiger partial charge on any atom is -0.467 e. The van der Waals surface area contributed by atoms with Crippen LogP contribution in [0.25, 0.3) is 0 Å². The van der Waals surface area contributed by atoms with Crippen molar-refractivity contribution in [3.63, 3.8) is 0 Å². The van der Waals surface area contributed by atoms with Gasteiger partial charge in [0.05, 0.1) is 14.2 Å². The van der Waals surface area contributed by atoms with E-state index in [9.17, 15) is 33.9 Å². The third-order valence-corrected chi connectivity index (χ3v) is 6.04. The second-order valence-electron chi connectivity index (χ2n) is 12.6. The minimum atomic E-state index is -1.93. The van der Waals surface area contributed by atoms with Crippen LogP contribution in [0.2, 0.25) is 0 Å². The fourth-order valence-corrected chi connectivity index (χ4v) is 3.79. The van der Waals surface area contributed by atoms with Gasteiger partial charge in [0.1, 0.15) is 24.4 Å². The molecule has 0 saturated heterocycles. The van der Waals surface area contributed by atoms with Gasteiger partial charge in [-0.25, -0.2) is 28.8 Å². The smallest absolute Gasteiger partial charge is 0.408 e. The molecule has 16 nitrogen and oxygen atoms in total. The molecule has 0 bridgehead atoms. The summed E-state index contributed by atoms with van der Waals surface area (Å²) in [4.78, 5) is 71.8. The van der Waals surface area contributed by atoms with E-state index in [1.54, 1.807) is 90.1 Å². The second kappa shape index (κ2) is 21.1. The van der Waals surface area contributed by atoms with Crippen LogP contribution in [0.1, 0.15) is 52.7 Å². The largest absolute Gasteiger partial charge is 0.467 e. The summed E-state index contributed by atoms with van der Waals surface area (Å²) < 4.78 is 34.4. The second-order valence-corrected chi connectivity index (χ2v) is 12.6. The predicted molar refractivity (Wildman–Crippen MR) is 180 cm³/mol. The van der Waals surface area contributed by atoms with Crippen molar-refractivity contribution in [2.24, 2.45) is 0 Å². The van der Waals surface area contributed by atoms with Gasteiger partial charge >= 0.3 is 36.1 Å². The average Bonchev–Trinajstić information content (AvgIpc) is 3.07. The van der Waals surface area contributed by atoms with Crippen molar-refractivity contribution in [2.75, 3.05) is 21.3 Å². The Hall–Kier alpha value is -5.22. The number of methoxy groups -OCH3 is 3. The summed E-state index contributed by atoms with van der Waals surface area (Å²) in [6, 6.07) is 14.8. The molecular weight excluding hydrogens is 672 g/mol. The van der Waals surface area contributed by atoms with Gasteiger partial charge in [0, 0.05) is 7.11 Å². The highest BCUT2D eigenvalue weighted by Gasteiger charge is 2.40. The Morgan fingerprint density at radius 1 is 0.588 bits per heavy atom. The number of nitrogens with one attached hydrogen (secondary N) is 2. The first-order valence-electron chi connectivity index (χ1n) is 15.6. The Bertz CT molecular complexity index is 1420. The average molecular weight is 721 g/mol. The van der Waals surface area contributed by atoms with Crippen LogP contribution >= 0.6 is 0 Å². The van der Waals surface area contributed by atoms with E-state index in [0.29, 0.717) is 0 Å². The number of rotatable bonds is 13. The molecule has 2 rings (SSSR count). The lowest BCUT2D eigenvalue weighted by molar-refractivity contribution is -0.173. The number of amides is 2. The molecule has 51 heavy (non-hydrogen) atoms. The monoisotopic (exact) mass is 720 g/mol. The van der Waals surface area contributed by atoms with E-state index in [-0.39, 0.29) is 13.2 Å². The molecule has 3 N–H and O–H groups in total. The summed E-state index contributed by atoms with van der Waals surface area (Å²) in [5.41, 5.74) is -0.151. The number of esters is 4. The number of aliphatic hydroxyl groups is 1. The first kappa shape index (κ1) is 43.8. The standard InChI is InChI=1S/C18H25NO7.C17H23NO7/c1-18(2,3)26-16(21)14(23-4)13(15(20)24-5)19-17(22)25-11-12-9-7-6-8-10-12;1-17(2,3)25-15(21)13(19)12(14(20)23-4)18-16(22)24-10-11-8-6-5-7-9-11/h6-10,13-14H,11H2,1-5H3,(H,19,22);5-9,12-13,19H,10H2,1-4H3,(H,18,22)/t13-,14?;12-,13?/m00/s1. The highest BCUT2D eigenvalue weighted by atomic mass is 16.6. The minimum absolute atomic E-state index is 0.00462. The summed E-state index contributed by atoms with van der Waals surface area (Å²) in [5, 5.41) is 14.4. The number of hydrogen-bond donors (Lipinski definition) is 3. The van der Waals surface area contributed by atoms with Crippen LogP contribution in [-0.4, -0.2) is 98.0 Å². The third kappa shape index (κ3) is 17.3. The summed E-state index contributed by atoms with van der Waals surface area (Å²) in [5.74, 6) is -3.74. The van der Waals surface area contributed by atoms with E-state index < -0.39 is 71.6 Å². The maximum absolute atomic E-state index is 12.3. The van der Waals surface area contributed by atoms with Crippen LogP contribution in [0.5, 0.6) is 0 Å². The molecule has 0 saturated carbocycles. The summed E-state index contributed by atoms with van der Waals surface area (Å²) in [7, 11) is 3.42. The lowest BCUT2D eigenvalue weighted by Gasteiger charge is -2.27. The molecule has 0 radical (unpaired) electrons. The summed E-state index contributed by atoms with van der Waals surface area (Å²) >= 11 is 0. The Morgan fingerprint density at radius 3 is 1.33 bits per heavy atom. The van der Waals surface area contributed by atoms with Crippen molar-refractivity contribution in [3.8, 4) is 0 Å². The fourth-order valence-electron chi connectivity index (χ4n) is 3.79. The van der Waals surface area contributed by atoms with Gasteiger partial charge in [-0.1, -0.05) is 60.7 Å². The Labute approximate surface area is 297 Å². The lowest BCUT2D eigenvalue weighted by atomic mass is 10.1. The summed E-state index contributed by atoms with van der Waals surface area (Å²) in [6.45, 7) is 9.80. The van der Waals surface area contributed by atoms with Crippen LogP contribution in [0, 0.1) is 0 Å². The Kier molecular flexibility index (Phi) is 18.1. The number of ether oxygens (including phenoxy) is 7. The number of aliphatic hydroxyl groups excluding tert-OH is 1. The predicted octanol–water partition coefficient (Wildman–Crippen LogP) is 2.97. The molecule has 0 aliphatic heterocycles. The van der Waals surface area contributed by atoms with Gasteiger partial charge in [0.15, 0.2) is 24.3 Å². The molecule has 16 heteroatoms. The first-order valence-corrected chi connectivity index (χ1v) is 15.6. The number of carbonyl (C=O) groups is 6. The van der Waals surface area contributed by atoms with E-state index in [4.69, 9.17) is 23.7 Å². The van der Waals surface area contributed by atoms with Crippen LogP contribution in [0.4, 0.5) is 9.59 Å². The molecule has 2 unspecified atom stereocenters. The van der Waals surface area contributed by atoms with Crippen molar-refractivity contribution in [1.82, 2.24) is 10.6 Å². The van der Waals surface area contributed by atoms with Gasteiger partial charge in [-0.3, -0.25) is 0 Å². The molecule has 4 atom stereocenters. The van der Waals surface area contributed by atoms with Crippen LogP contribution < -0.4 is 10.6 Å². The van der Waals surface area contributed by atoms with Crippen molar-refractivity contribution in [1.29, 1.82) is 0 Å². The van der Waals surface area contributed by atoms with E-state index in [0.717, 1.165) is 25.3 Å². The lowest BCUT2D eigenvalue weighted by Crippen LogP contribution is -2.54. The van der Waals surface area contributed by atoms with Crippen molar-refractivity contribution in [2.45, 2.75) is 90.2 Å². The molecule has 0 aromatic heterocycles. The van der Waals surface area contributed by atoms with E-state index in [1.165, 1.54) is 7.11 Å². The van der Waals surface area contributed by atoms with Gasteiger partial charge in [0.2, 0.25) is 0 Å². The maximum Gasteiger partial charge on any atom is 0.408 e. The van der Waals surface area contributed by atoms with E-state index in [1.807, 2.05) is 12.1 Å². The van der Waals surface area contributed by atoms with Crippen molar-refractivity contribution < 1.29 is 67.0 Å². The van der Waals surface area contributed by atoms with Gasteiger partial charge in [-0.15, -0.1) is 0 Å². The maximum atomic E-state index is 12.3. The van der Waals surface area contributed by atoms with Gasteiger partial charge < -0.3 is 48.9 Å². The molecule has 2 amide bonds. The zero-order valence-corrected chi connectivity index (χ0v) is 30.3. The highest BCUT2D eigenvalue weighted by molar-refractivity contribution is 5.90. The van der Waals surface area contributed by atoms with Gasteiger partial charge in [-0.05, 0) is 52.7 Å². The van der Waals surface area contributed by atoms with E-state index in [2.05, 4.69) is 20.1 Å². The molecular formula is C35H48N2O14. The quantitative estimate of drug-likeness (QED) is 0.201. The molecule has 0 heterocycles. The highest BCUT2D eigenvalue weighted by Crippen LogP contribution is 2.14. The Balaban J connectivity index is 0.000000510. The SMILES string of the molecule is COC(=O)[C@@H](NC(=O)OCc1ccccc1)C(O)C(=O)OC(C)(C)C.COC(=O)[C@@H](NC(=O)OCc1ccccc1)C(OC)C(=O)OC(C)(C)C. The molecule has 0 aliphatic carbocycles. The zero-order chi connectivity index (χ0) is 38.8. The topological polar surface area (TPSA) is 211 Å². The molecule has 0 spiro atoms. The van der Waals surface area contributed by atoms with Crippen molar-refractivity contribution >= 4 is 36.1 Å². The fraction of sp³-hybridized carbons (Fsp3) is 0.486. The molecule has 282 valence electrons. The van der Waals surface area contributed by atoms with E-state index >= 15 is 0 Å². The Morgan fingerprint density at radius 2 is 0.961 bits per heavy atom. The van der Waals surface area contributed by atoms with Crippen LogP contribution in [-0.2, 0) is 65.5 Å². The van der Waals surface area contributed by atoms with Gasteiger partial charge in [0.25, 0.3) is 0 Å². The number of hydrogen-bond acceptors (Lipinski definition) is 14. The molecule has 0 aliphatic rings.